The number of nitrogens with one attached hydrogen (secondary N) is 3. The fourth-order valence-corrected chi connectivity index (χ4v) is 3.25. The molecule has 1 unspecified atom stereocenters. The van der Waals surface area contributed by atoms with Crippen molar-refractivity contribution in [2.75, 3.05) is 13.1 Å². The maximum Gasteiger partial charge on any atom is 0.0597 e. The zero-order valence-electron chi connectivity index (χ0n) is 13.5. The van der Waals surface area contributed by atoms with E-state index in [1.807, 2.05) is 6.07 Å². The van der Waals surface area contributed by atoms with Crippen LogP contribution >= 0.6 is 0 Å². The van der Waals surface area contributed by atoms with Gasteiger partial charge in [-0.15, -0.1) is 0 Å². The van der Waals surface area contributed by atoms with Crippen LogP contribution < -0.4 is 11.1 Å². The second-order valence-corrected chi connectivity index (χ2v) is 6.19. The molecule has 24 heavy (non-hydrogen) atoms. The monoisotopic (exact) mass is 318 g/mol. The molecule has 0 bridgehead atoms. The minimum atomic E-state index is 0.141. The first-order valence-electron chi connectivity index (χ1n) is 8.41. The summed E-state index contributed by atoms with van der Waals surface area (Å²) in [4.78, 5) is 6.94. The zero-order valence-corrected chi connectivity index (χ0v) is 13.5. The lowest BCUT2D eigenvalue weighted by Gasteiger charge is -2.15. The molecule has 2 aromatic carbocycles. The maximum atomic E-state index is 5.98. The Morgan fingerprint density at radius 1 is 0.875 bits per heavy atom. The van der Waals surface area contributed by atoms with Crippen molar-refractivity contribution in [3.05, 3.63) is 72.1 Å². The molecule has 4 rings (SSSR count). The summed E-state index contributed by atoms with van der Waals surface area (Å²) in [6.45, 7) is 1.45. The lowest BCUT2D eigenvalue weighted by atomic mass is 10.2. The molecule has 0 saturated carbocycles. The number of fused-ring (bicyclic) bond motifs is 2. The van der Waals surface area contributed by atoms with Crippen LogP contribution in [0.5, 0.6) is 0 Å². The Bertz CT molecular complexity index is 884. The van der Waals surface area contributed by atoms with E-state index in [1.54, 1.807) is 0 Å². The third-order valence-electron chi connectivity index (χ3n) is 4.53. The highest BCUT2D eigenvalue weighted by atomic mass is 15.0. The van der Waals surface area contributed by atoms with E-state index >= 15 is 0 Å². The molecular formula is C20H22N4. The summed E-state index contributed by atoms with van der Waals surface area (Å²) in [5.41, 5.74) is 10.7. The third kappa shape index (κ3) is 2.94. The van der Waals surface area contributed by atoms with Gasteiger partial charge in [0.05, 0.1) is 6.04 Å². The molecule has 1 atom stereocenters. The van der Waals surface area contributed by atoms with Crippen molar-refractivity contribution in [2.24, 2.45) is 5.73 Å². The number of hydrogen-bond acceptors (Lipinski definition) is 2. The van der Waals surface area contributed by atoms with Crippen molar-refractivity contribution in [1.82, 2.24) is 15.3 Å². The van der Waals surface area contributed by atoms with Gasteiger partial charge < -0.3 is 21.0 Å². The highest BCUT2D eigenvalue weighted by Crippen LogP contribution is 2.20. The molecule has 0 aliphatic heterocycles. The van der Waals surface area contributed by atoms with Crippen molar-refractivity contribution < 1.29 is 0 Å². The lowest BCUT2D eigenvalue weighted by Crippen LogP contribution is -2.30. The number of nitrogens with two attached hydrogens (primary N) is 1. The molecule has 5 N–H and O–H groups in total. The van der Waals surface area contributed by atoms with E-state index in [4.69, 9.17) is 5.73 Å². The molecule has 0 radical (unpaired) electrons. The van der Waals surface area contributed by atoms with E-state index in [0.717, 1.165) is 24.2 Å². The Balaban J connectivity index is 1.43. The molecule has 2 heterocycles. The van der Waals surface area contributed by atoms with E-state index in [0.29, 0.717) is 6.54 Å². The standard InChI is InChI=1S/C20H22N4/c21-13-20(19-12-15-6-2-4-8-18(15)24-19)22-10-9-16-11-14-5-1-3-7-17(14)23-16/h1-8,11-12,20,22-24H,9-10,13,21H2. The van der Waals surface area contributed by atoms with Crippen LogP contribution in [0.15, 0.2) is 60.7 Å². The summed E-state index contributed by atoms with van der Waals surface area (Å²) in [5.74, 6) is 0. The molecule has 0 aliphatic rings. The summed E-state index contributed by atoms with van der Waals surface area (Å²) in [6, 6.07) is 21.2. The average Bonchev–Trinajstić information content (AvgIpc) is 3.21. The van der Waals surface area contributed by atoms with E-state index in [-0.39, 0.29) is 6.04 Å². The molecular weight excluding hydrogens is 296 g/mol. The number of para-hydroxylation sites is 2. The van der Waals surface area contributed by atoms with E-state index in [9.17, 15) is 0 Å². The Kier molecular flexibility index (Phi) is 4.07. The van der Waals surface area contributed by atoms with Crippen LogP contribution in [0.1, 0.15) is 17.4 Å². The molecule has 4 aromatic rings. The Labute approximate surface area is 141 Å². The average molecular weight is 318 g/mol. The molecule has 0 fully saturated rings. The number of H-pyrrole nitrogens is 2. The van der Waals surface area contributed by atoms with E-state index in [2.05, 4.69) is 69.9 Å². The number of rotatable bonds is 6. The molecule has 0 saturated heterocycles. The van der Waals surface area contributed by atoms with Crippen molar-refractivity contribution >= 4 is 21.8 Å². The van der Waals surface area contributed by atoms with Gasteiger partial charge in [-0.1, -0.05) is 36.4 Å². The summed E-state index contributed by atoms with van der Waals surface area (Å²) in [5, 5.41) is 6.05. The lowest BCUT2D eigenvalue weighted by molar-refractivity contribution is 0.534. The quantitative estimate of drug-likeness (QED) is 0.439. The SMILES string of the molecule is NCC(NCCc1cc2ccccc2[nH]1)c1cc2ccccc2[nH]1. The van der Waals surface area contributed by atoms with Gasteiger partial charge in [0.1, 0.15) is 0 Å². The minimum absolute atomic E-state index is 0.141. The smallest absolute Gasteiger partial charge is 0.0597 e. The fourth-order valence-electron chi connectivity index (χ4n) is 3.25. The van der Waals surface area contributed by atoms with Gasteiger partial charge in [-0.2, -0.15) is 0 Å². The van der Waals surface area contributed by atoms with Crippen molar-refractivity contribution in [2.45, 2.75) is 12.5 Å². The Morgan fingerprint density at radius 3 is 2.21 bits per heavy atom. The van der Waals surface area contributed by atoms with Gasteiger partial charge in [-0.25, -0.2) is 0 Å². The van der Waals surface area contributed by atoms with Crippen LogP contribution in [0.2, 0.25) is 0 Å². The van der Waals surface area contributed by atoms with Gasteiger partial charge in [-0.3, -0.25) is 0 Å². The van der Waals surface area contributed by atoms with Crippen LogP contribution in [0.25, 0.3) is 21.8 Å². The van der Waals surface area contributed by atoms with Gasteiger partial charge in [-0.05, 0) is 41.5 Å². The topological polar surface area (TPSA) is 69.6 Å². The Morgan fingerprint density at radius 2 is 1.54 bits per heavy atom. The Hall–Kier alpha value is -2.56. The van der Waals surface area contributed by atoms with Crippen molar-refractivity contribution in [3.63, 3.8) is 0 Å². The first-order valence-corrected chi connectivity index (χ1v) is 8.41. The molecule has 4 nitrogen and oxygen atoms in total. The van der Waals surface area contributed by atoms with E-state index < -0.39 is 0 Å². The minimum Gasteiger partial charge on any atom is -0.358 e. The van der Waals surface area contributed by atoms with Gasteiger partial charge in [0.15, 0.2) is 0 Å². The molecule has 122 valence electrons. The van der Waals surface area contributed by atoms with Crippen LogP contribution in [-0.4, -0.2) is 23.1 Å². The number of aromatic amines is 2. The number of benzene rings is 2. The van der Waals surface area contributed by atoms with Gasteiger partial charge in [0.25, 0.3) is 0 Å². The third-order valence-corrected chi connectivity index (χ3v) is 4.53. The molecule has 0 spiro atoms. The van der Waals surface area contributed by atoms with Gasteiger partial charge in [0.2, 0.25) is 0 Å². The first kappa shape index (κ1) is 15.0. The second kappa shape index (κ2) is 6.51. The summed E-state index contributed by atoms with van der Waals surface area (Å²) < 4.78 is 0. The van der Waals surface area contributed by atoms with Crippen molar-refractivity contribution in [1.29, 1.82) is 0 Å². The summed E-state index contributed by atoms with van der Waals surface area (Å²) in [6.07, 6.45) is 0.950. The maximum absolute atomic E-state index is 5.98. The van der Waals surface area contributed by atoms with Crippen molar-refractivity contribution in [3.8, 4) is 0 Å². The number of aromatic nitrogens is 2. The fraction of sp³-hybridized carbons (Fsp3) is 0.200. The van der Waals surface area contributed by atoms with E-state index in [1.165, 1.54) is 22.0 Å². The predicted molar refractivity (Wildman–Crippen MR) is 100 cm³/mol. The highest BCUT2D eigenvalue weighted by Gasteiger charge is 2.12. The normalized spacial score (nSPS) is 12.9. The largest absolute Gasteiger partial charge is 0.358 e. The zero-order chi connectivity index (χ0) is 16.4. The molecule has 4 heteroatoms. The molecule has 2 aromatic heterocycles. The van der Waals surface area contributed by atoms with Gasteiger partial charge in [0, 0.05) is 35.5 Å². The van der Waals surface area contributed by atoms with Crippen LogP contribution in [0.4, 0.5) is 0 Å². The number of hydrogen-bond donors (Lipinski definition) is 4. The van der Waals surface area contributed by atoms with Crippen LogP contribution in [0.3, 0.4) is 0 Å². The van der Waals surface area contributed by atoms with Gasteiger partial charge >= 0.3 is 0 Å². The van der Waals surface area contributed by atoms with Crippen LogP contribution in [0, 0.1) is 0 Å². The predicted octanol–water partition coefficient (Wildman–Crippen LogP) is 3.48. The molecule has 0 aliphatic carbocycles. The summed E-state index contributed by atoms with van der Waals surface area (Å²) in [7, 11) is 0. The first-order chi connectivity index (χ1) is 11.8. The second-order valence-electron chi connectivity index (χ2n) is 6.19. The molecule has 0 amide bonds. The highest BCUT2D eigenvalue weighted by molar-refractivity contribution is 5.81. The summed E-state index contributed by atoms with van der Waals surface area (Å²) >= 11 is 0. The van der Waals surface area contributed by atoms with Crippen LogP contribution in [-0.2, 0) is 6.42 Å².